The summed E-state index contributed by atoms with van der Waals surface area (Å²) in [6.07, 6.45) is 1.72. The first kappa shape index (κ1) is 17.6. The normalized spacial score (nSPS) is 12.9. The Bertz CT molecular complexity index is 871. The van der Waals surface area contributed by atoms with Crippen molar-refractivity contribution in [3.63, 3.8) is 0 Å². The van der Waals surface area contributed by atoms with Crippen LogP contribution in [0.4, 0.5) is 4.39 Å². The second kappa shape index (κ2) is 7.79. The van der Waals surface area contributed by atoms with Crippen LogP contribution in [0.25, 0.3) is 0 Å². The van der Waals surface area contributed by atoms with Crippen molar-refractivity contribution in [2.45, 2.75) is 25.4 Å². The maximum Gasteiger partial charge on any atom is 0.338 e. The van der Waals surface area contributed by atoms with Gasteiger partial charge in [0.25, 0.3) is 5.91 Å². The highest BCUT2D eigenvalue weighted by Crippen LogP contribution is 2.29. The Labute approximate surface area is 150 Å². The van der Waals surface area contributed by atoms with Gasteiger partial charge in [-0.3, -0.25) is 4.79 Å². The highest BCUT2D eigenvalue weighted by atomic mass is 19.1. The van der Waals surface area contributed by atoms with Crippen LogP contribution in [0.1, 0.15) is 34.3 Å². The minimum Gasteiger partial charge on any atom is -0.452 e. The van der Waals surface area contributed by atoms with E-state index in [1.165, 1.54) is 18.2 Å². The van der Waals surface area contributed by atoms with Crippen molar-refractivity contribution in [1.29, 1.82) is 5.26 Å². The van der Waals surface area contributed by atoms with Crippen molar-refractivity contribution in [2.24, 2.45) is 0 Å². The van der Waals surface area contributed by atoms with Crippen LogP contribution in [0.2, 0.25) is 0 Å². The summed E-state index contributed by atoms with van der Waals surface area (Å²) in [5.41, 5.74) is 0.981. The number of nitrogens with zero attached hydrogens (tertiary/aromatic N) is 2. The fraction of sp³-hybridized carbons (Fsp3) is 0.250. The Morgan fingerprint density at radius 1 is 1.19 bits per heavy atom. The number of nitriles is 1. The number of ether oxygens (including phenoxy) is 1. The second-order valence-corrected chi connectivity index (χ2v) is 6.11. The van der Waals surface area contributed by atoms with E-state index in [0.29, 0.717) is 11.1 Å². The molecule has 0 aromatic heterocycles. The molecular weight excluding hydrogens is 335 g/mol. The Hall–Kier alpha value is -3.20. The maximum atomic E-state index is 13.9. The molecule has 1 fully saturated rings. The Morgan fingerprint density at radius 3 is 2.65 bits per heavy atom. The van der Waals surface area contributed by atoms with E-state index < -0.39 is 12.6 Å². The van der Waals surface area contributed by atoms with Crippen molar-refractivity contribution in [3.8, 4) is 6.07 Å². The zero-order valence-corrected chi connectivity index (χ0v) is 14.0. The van der Waals surface area contributed by atoms with Crippen LogP contribution in [0, 0.1) is 17.1 Å². The largest absolute Gasteiger partial charge is 0.452 e. The van der Waals surface area contributed by atoms with Crippen LogP contribution in [-0.2, 0) is 16.1 Å². The van der Waals surface area contributed by atoms with Gasteiger partial charge in [0.15, 0.2) is 6.61 Å². The predicted octanol–water partition coefficient (Wildman–Crippen LogP) is 3.05. The lowest BCUT2D eigenvalue weighted by Crippen LogP contribution is -2.36. The number of hydrogen-bond acceptors (Lipinski definition) is 4. The van der Waals surface area contributed by atoms with Gasteiger partial charge in [-0.2, -0.15) is 5.26 Å². The molecule has 2 aromatic carbocycles. The highest BCUT2D eigenvalue weighted by molar-refractivity contribution is 5.91. The quantitative estimate of drug-likeness (QED) is 0.749. The van der Waals surface area contributed by atoms with Crippen LogP contribution in [0.3, 0.4) is 0 Å². The Balaban J connectivity index is 1.62. The van der Waals surface area contributed by atoms with E-state index in [1.807, 2.05) is 6.07 Å². The number of carbonyl (C=O) groups is 2. The van der Waals surface area contributed by atoms with Crippen molar-refractivity contribution < 1.29 is 18.7 Å². The van der Waals surface area contributed by atoms with E-state index in [9.17, 15) is 14.0 Å². The second-order valence-electron chi connectivity index (χ2n) is 6.11. The Morgan fingerprint density at radius 2 is 1.96 bits per heavy atom. The number of amides is 1. The van der Waals surface area contributed by atoms with Crippen molar-refractivity contribution in [3.05, 3.63) is 71.0 Å². The van der Waals surface area contributed by atoms with Gasteiger partial charge >= 0.3 is 5.97 Å². The summed E-state index contributed by atoms with van der Waals surface area (Å²) in [6, 6.07) is 14.4. The topological polar surface area (TPSA) is 70.4 Å². The van der Waals surface area contributed by atoms with E-state index in [1.54, 1.807) is 35.2 Å². The average molecular weight is 352 g/mol. The van der Waals surface area contributed by atoms with Crippen molar-refractivity contribution in [1.82, 2.24) is 4.90 Å². The molecule has 6 heteroatoms. The summed E-state index contributed by atoms with van der Waals surface area (Å²) < 4.78 is 18.9. The van der Waals surface area contributed by atoms with E-state index in [-0.39, 0.29) is 29.9 Å². The fourth-order valence-corrected chi connectivity index (χ4v) is 2.63. The molecule has 2 aromatic rings. The number of halogens is 1. The molecule has 0 atom stereocenters. The summed E-state index contributed by atoms with van der Waals surface area (Å²) in [5.74, 6) is -1.39. The van der Waals surface area contributed by atoms with E-state index >= 15 is 0 Å². The number of carbonyl (C=O) groups excluding carboxylic acids is 2. The van der Waals surface area contributed by atoms with Gasteiger partial charge in [0.2, 0.25) is 0 Å². The molecule has 0 heterocycles. The lowest BCUT2D eigenvalue weighted by atomic mass is 10.1. The molecule has 1 amide bonds. The molecule has 0 bridgehead atoms. The van der Waals surface area contributed by atoms with E-state index in [4.69, 9.17) is 10.00 Å². The van der Waals surface area contributed by atoms with Gasteiger partial charge in [0.1, 0.15) is 5.82 Å². The molecule has 3 rings (SSSR count). The highest BCUT2D eigenvalue weighted by Gasteiger charge is 2.33. The van der Waals surface area contributed by atoms with Crippen LogP contribution < -0.4 is 0 Å². The molecule has 132 valence electrons. The predicted molar refractivity (Wildman–Crippen MR) is 91.4 cm³/mol. The summed E-state index contributed by atoms with van der Waals surface area (Å²) in [7, 11) is 0. The van der Waals surface area contributed by atoms with E-state index in [0.717, 1.165) is 12.8 Å². The van der Waals surface area contributed by atoms with Crippen LogP contribution >= 0.6 is 0 Å². The lowest BCUT2D eigenvalue weighted by Gasteiger charge is -2.22. The first-order valence-electron chi connectivity index (χ1n) is 8.28. The summed E-state index contributed by atoms with van der Waals surface area (Å²) in [4.78, 5) is 26.1. The molecule has 1 aliphatic carbocycles. The van der Waals surface area contributed by atoms with Crippen LogP contribution in [0.5, 0.6) is 0 Å². The molecule has 0 aliphatic heterocycles. The number of rotatable bonds is 6. The smallest absolute Gasteiger partial charge is 0.338 e. The van der Waals surface area contributed by atoms with Gasteiger partial charge in [0.05, 0.1) is 17.2 Å². The molecule has 0 saturated heterocycles. The third-order valence-electron chi connectivity index (χ3n) is 4.16. The maximum absolute atomic E-state index is 13.9. The summed E-state index contributed by atoms with van der Waals surface area (Å²) >= 11 is 0. The number of benzene rings is 2. The van der Waals surface area contributed by atoms with Gasteiger partial charge in [-0.25, -0.2) is 9.18 Å². The van der Waals surface area contributed by atoms with Gasteiger partial charge in [-0.15, -0.1) is 0 Å². The molecule has 1 saturated carbocycles. The lowest BCUT2D eigenvalue weighted by molar-refractivity contribution is -0.135. The first-order valence-corrected chi connectivity index (χ1v) is 8.28. The monoisotopic (exact) mass is 352 g/mol. The van der Waals surface area contributed by atoms with Gasteiger partial charge < -0.3 is 9.64 Å². The Kier molecular flexibility index (Phi) is 5.28. The number of esters is 1. The number of hydrogen-bond donors (Lipinski definition) is 0. The molecule has 0 unspecified atom stereocenters. The molecule has 1 aliphatic rings. The SMILES string of the molecule is N#Cc1cccc(C(=O)OCC(=O)N(Cc2ccccc2F)C2CC2)c1. The summed E-state index contributed by atoms with van der Waals surface area (Å²) in [6.45, 7) is -0.266. The first-order chi connectivity index (χ1) is 12.6. The van der Waals surface area contributed by atoms with Crippen LogP contribution in [0.15, 0.2) is 48.5 Å². The molecule has 0 radical (unpaired) electrons. The molecular formula is C20H17FN2O3. The third kappa shape index (κ3) is 4.25. The summed E-state index contributed by atoms with van der Waals surface area (Å²) in [5, 5.41) is 8.87. The zero-order chi connectivity index (χ0) is 18.5. The zero-order valence-electron chi connectivity index (χ0n) is 14.0. The molecule has 0 N–H and O–H groups in total. The third-order valence-corrected chi connectivity index (χ3v) is 4.16. The average Bonchev–Trinajstić information content (AvgIpc) is 3.50. The van der Waals surface area contributed by atoms with Crippen molar-refractivity contribution >= 4 is 11.9 Å². The molecule has 5 nitrogen and oxygen atoms in total. The van der Waals surface area contributed by atoms with E-state index in [2.05, 4.69) is 0 Å². The van der Waals surface area contributed by atoms with Crippen LogP contribution in [-0.4, -0.2) is 29.4 Å². The van der Waals surface area contributed by atoms with Gasteiger partial charge in [-0.05, 0) is 37.1 Å². The van der Waals surface area contributed by atoms with Gasteiger partial charge in [-0.1, -0.05) is 24.3 Å². The fourth-order valence-electron chi connectivity index (χ4n) is 2.63. The molecule has 0 spiro atoms. The molecule has 26 heavy (non-hydrogen) atoms. The minimum absolute atomic E-state index is 0.0581. The minimum atomic E-state index is -0.669. The van der Waals surface area contributed by atoms with Gasteiger partial charge in [0, 0.05) is 18.2 Å². The standard InChI is InChI=1S/C20H17FN2O3/c21-18-7-2-1-5-16(18)12-23(17-8-9-17)19(24)13-26-20(25)15-6-3-4-14(10-15)11-22/h1-7,10,17H,8-9,12-13H2. The van der Waals surface area contributed by atoms with Crippen molar-refractivity contribution in [2.75, 3.05) is 6.61 Å².